The van der Waals surface area contributed by atoms with Gasteiger partial charge in [0.25, 0.3) is 5.91 Å². The first-order valence-corrected chi connectivity index (χ1v) is 12.9. The molecule has 1 aromatic heterocycles. The molecule has 1 aliphatic rings. The van der Waals surface area contributed by atoms with Gasteiger partial charge in [0.05, 0.1) is 25.7 Å². The third kappa shape index (κ3) is 7.25. The number of likely N-dealkylation sites (tertiary alicyclic amines) is 1. The highest BCUT2D eigenvalue weighted by Crippen LogP contribution is 2.22. The molecule has 0 bridgehead atoms. The van der Waals surface area contributed by atoms with Gasteiger partial charge in [-0.25, -0.2) is 9.78 Å². The normalized spacial score (nSPS) is 15.5. The van der Waals surface area contributed by atoms with Crippen LogP contribution in [0.5, 0.6) is 0 Å². The van der Waals surface area contributed by atoms with Crippen molar-refractivity contribution in [2.24, 2.45) is 5.92 Å². The zero-order valence-electron chi connectivity index (χ0n) is 20.6. The SMILES string of the molecule is CCOC(=O)C1CCCN(C(=O)c2csc(CN(CCOC)C(=O)Nc3ccccc3CC)n2)C1. The molecule has 0 saturated carbocycles. The van der Waals surface area contributed by atoms with Crippen molar-refractivity contribution in [1.29, 1.82) is 0 Å². The van der Waals surface area contributed by atoms with Crippen LogP contribution in [0.25, 0.3) is 0 Å². The number of aryl methyl sites for hydroxylation is 1. The number of nitrogens with one attached hydrogen (secondary N) is 1. The lowest BCUT2D eigenvalue weighted by atomic mass is 9.98. The number of hydrogen-bond acceptors (Lipinski definition) is 7. The summed E-state index contributed by atoms with van der Waals surface area (Å²) >= 11 is 1.34. The van der Waals surface area contributed by atoms with E-state index in [-0.39, 0.29) is 30.4 Å². The highest BCUT2D eigenvalue weighted by atomic mass is 32.1. The molecule has 1 N–H and O–H groups in total. The molecule has 1 aliphatic heterocycles. The second-order valence-corrected chi connectivity index (χ2v) is 9.27. The summed E-state index contributed by atoms with van der Waals surface area (Å²) in [5, 5.41) is 5.35. The Morgan fingerprint density at radius 1 is 1.26 bits per heavy atom. The predicted octanol–water partition coefficient (Wildman–Crippen LogP) is 3.80. The van der Waals surface area contributed by atoms with Crippen LogP contribution in [0, 0.1) is 5.92 Å². The second kappa shape index (κ2) is 13.2. The van der Waals surface area contributed by atoms with E-state index in [0.717, 1.165) is 30.5 Å². The van der Waals surface area contributed by atoms with E-state index in [4.69, 9.17) is 9.47 Å². The van der Waals surface area contributed by atoms with Crippen LogP contribution in [0.1, 0.15) is 47.7 Å². The van der Waals surface area contributed by atoms with Gasteiger partial charge in [0, 0.05) is 37.8 Å². The van der Waals surface area contributed by atoms with E-state index in [9.17, 15) is 14.4 Å². The number of hydrogen-bond donors (Lipinski definition) is 1. The summed E-state index contributed by atoms with van der Waals surface area (Å²) in [7, 11) is 1.59. The van der Waals surface area contributed by atoms with E-state index in [1.54, 1.807) is 29.2 Å². The number of nitrogens with zero attached hydrogens (tertiary/aromatic N) is 3. The average Bonchev–Trinajstić information content (AvgIpc) is 3.35. The molecular weight excluding hydrogens is 468 g/mol. The van der Waals surface area contributed by atoms with E-state index in [1.165, 1.54) is 11.3 Å². The van der Waals surface area contributed by atoms with Crippen molar-refractivity contribution < 1.29 is 23.9 Å². The van der Waals surface area contributed by atoms with Crippen LogP contribution in [0.3, 0.4) is 0 Å². The van der Waals surface area contributed by atoms with Gasteiger partial charge in [-0.15, -0.1) is 11.3 Å². The molecule has 1 saturated heterocycles. The minimum atomic E-state index is -0.301. The molecule has 3 rings (SSSR count). The summed E-state index contributed by atoms with van der Waals surface area (Å²) in [5.41, 5.74) is 2.16. The van der Waals surface area contributed by atoms with Crippen molar-refractivity contribution in [1.82, 2.24) is 14.8 Å². The minimum absolute atomic E-state index is 0.203. The molecular formula is C25H34N4O5S. The number of urea groups is 1. The van der Waals surface area contributed by atoms with Gasteiger partial charge < -0.3 is 24.6 Å². The van der Waals surface area contributed by atoms with Gasteiger partial charge >= 0.3 is 12.0 Å². The highest BCUT2D eigenvalue weighted by molar-refractivity contribution is 7.09. The Bertz CT molecular complexity index is 1010. The van der Waals surface area contributed by atoms with Crippen LogP contribution >= 0.6 is 11.3 Å². The molecule has 0 radical (unpaired) electrons. The van der Waals surface area contributed by atoms with Crippen LogP contribution in [0.4, 0.5) is 10.5 Å². The summed E-state index contributed by atoms with van der Waals surface area (Å²) in [5.74, 6) is -0.760. The zero-order valence-corrected chi connectivity index (χ0v) is 21.4. The number of thiazole rings is 1. The van der Waals surface area contributed by atoms with Crippen LogP contribution in [0.2, 0.25) is 0 Å². The van der Waals surface area contributed by atoms with Gasteiger partial charge in [-0.3, -0.25) is 9.59 Å². The van der Waals surface area contributed by atoms with Gasteiger partial charge in [-0.05, 0) is 37.8 Å². The monoisotopic (exact) mass is 502 g/mol. The van der Waals surface area contributed by atoms with Gasteiger partial charge in [0.2, 0.25) is 0 Å². The first-order chi connectivity index (χ1) is 17.0. The van der Waals surface area contributed by atoms with E-state index < -0.39 is 0 Å². The number of esters is 1. The standard InChI is InChI=1S/C25H34N4O5S/c1-4-18-9-6-7-11-20(18)27-25(32)29(13-14-33-3)16-22-26-21(17-35-22)23(30)28-12-8-10-19(15-28)24(31)34-5-2/h6-7,9,11,17,19H,4-5,8,10,12-16H2,1-3H3,(H,27,32). The first-order valence-electron chi connectivity index (χ1n) is 12.0. The number of para-hydroxylation sites is 1. The second-order valence-electron chi connectivity index (χ2n) is 8.32. The fourth-order valence-corrected chi connectivity index (χ4v) is 4.80. The molecule has 1 fully saturated rings. The minimum Gasteiger partial charge on any atom is -0.466 e. The van der Waals surface area contributed by atoms with Crippen molar-refractivity contribution in [3.8, 4) is 0 Å². The highest BCUT2D eigenvalue weighted by Gasteiger charge is 2.30. The Kier molecular flexibility index (Phi) is 10.0. The summed E-state index contributed by atoms with van der Waals surface area (Å²) in [6, 6.07) is 7.45. The molecule has 2 heterocycles. The number of methoxy groups -OCH3 is 1. The smallest absolute Gasteiger partial charge is 0.322 e. The van der Waals surface area contributed by atoms with Crippen LogP contribution < -0.4 is 5.32 Å². The van der Waals surface area contributed by atoms with E-state index >= 15 is 0 Å². The largest absolute Gasteiger partial charge is 0.466 e. The van der Waals surface area contributed by atoms with Gasteiger partial charge in [-0.2, -0.15) is 0 Å². The molecule has 10 heteroatoms. The molecule has 1 unspecified atom stereocenters. The topological polar surface area (TPSA) is 101 Å². The van der Waals surface area contributed by atoms with Gasteiger partial charge in [0.1, 0.15) is 10.7 Å². The number of anilines is 1. The van der Waals surface area contributed by atoms with Gasteiger partial charge in [0.15, 0.2) is 0 Å². The number of ether oxygens (including phenoxy) is 2. The third-order valence-corrected chi connectivity index (χ3v) is 6.75. The Hall–Kier alpha value is -2.98. The van der Waals surface area contributed by atoms with E-state index in [1.807, 2.05) is 31.2 Å². The number of rotatable bonds is 10. The lowest BCUT2D eigenvalue weighted by Crippen LogP contribution is -2.43. The number of benzene rings is 1. The van der Waals surface area contributed by atoms with Crippen LogP contribution in [-0.2, 0) is 27.2 Å². The fraction of sp³-hybridized carbons (Fsp3) is 0.520. The number of amides is 3. The number of carbonyl (C=O) groups is 3. The first kappa shape index (κ1) is 26.6. The van der Waals surface area contributed by atoms with Crippen molar-refractivity contribution in [2.45, 2.75) is 39.7 Å². The van der Waals surface area contributed by atoms with Gasteiger partial charge in [-0.1, -0.05) is 25.1 Å². The molecule has 1 aromatic carbocycles. The molecule has 9 nitrogen and oxygen atoms in total. The van der Waals surface area contributed by atoms with Crippen LogP contribution in [-0.4, -0.2) is 72.6 Å². The van der Waals surface area contributed by atoms with Crippen molar-refractivity contribution in [3.63, 3.8) is 0 Å². The summed E-state index contributed by atoms with van der Waals surface area (Å²) < 4.78 is 10.3. The summed E-state index contributed by atoms with van der Waals surface area (Å²) in [6.07, 6.45) is 2.27. The number of piperidine rings is 1. The van der Waals surface area contributed by atoms with Crippen molar-refractivity contribution in [3.05, 3.63) is 45.9 Å². The lowest BCUT2D eigenvalue weighted by molar-refractivity contribution is -0.149. The maximum Gasteiger partial charge on any atom is 0.322 e. The molecule has 0 spiro atoms. The van der Waals surface area contributed by atoms with Crippen molar-refractivity contribution >= 4 is 34.9 Å². The van der Waals surface area contributed by atoms with Crippen molar-refractivity contribution in [2.75, 3.05) is 45.3 Å². The summed E-state index contributed by atoms with van der Waals surface area (Å²) in [6.45, 7) is 6.08. The maximum atomic E-state index is 13.0. The number of aromatic nitrogens is 1. The lowest BCUT2D eigenvalue weighted by Gasteiger charge is -2.31. The maximum absolute atomic E-state index is 13.0. The number of carbonyl (C=O) groups excluding carboxylic acids is 3. The molecule has 3 amide bonds. The Morgan fingerprint density at radius 2 is 2.06 bits per heavy atom. The Balaban J connectivity index is 1.66. The van der Waals surface area contributed by atoms with Crippen LogP contribution in [0.15, 0.2) is 29.6 Å². The Labute approximate surface area is 210 Å². The van der Waals surface area contributed by atoms with E-state index in [2.05, 4.69) is 10.3 Å². The average molecular weight is 503 g/mol. The van der Waals surface area contributed by atoms with E-state index in [0.29, 0.717) is 43.5 Å². The molecule has 190 valence electrons. The molecule has 0 aliphatic carbocycles. The molecule has 2 aromatic rings. The molecule has 1 atom stereocenters. The zero-order chi connectivity index (χ0) is 25.2. The Morgan fingerprint density at radius 3 is 2.80 bits per heavy atom. The summed E-state index contributed by atoms with van der Waals surface area (Å²) in [4.78, 5) is 46.0. The fourth-order valence-electron chi connectivity index (χ4n) is 4.02. The third-order valence-electron chi connectivity index (χ3n) is 5.92. The molecule has 35 heavy (non-hydrogen) atoms. The quantitative estimate of drug-likeness (QED) is 0.496. The predicted molar refractivity (Wildman–Crippen MR) is 134 cm³/mol.